The van der Waals surface area contributed by atoms with Gasteiger partial charge in [0.05, 0.1) is 11.8 Å². The molecule has 0 unspecified atom stereocenters. The van der Waals surface area contributed by atoms with Gasteiger partial charge in [-0.3, -0.25) is 0 Å². The molecule has 1 aromatic heterocycles. The number of aromatic nitrogens is 1. The van der Waals surface area contributed by atoms with Crippen LogP contribution in [-0.2, 0) is 6.42 Å². The minimum absolute atomic E-state index is 0.197. The molecule has 3 N–H and O–H groups in total. The Hall–Kier alpha value is -2.75. The van der Waals surface area contributed by atoms with Crippen molar-refractivity contribution in [3.05, 3.63) is 53.7 Å². The molecule has 0 saturated heterocycles. The van der Waals surface area contributed by atoms with E-state index in [1.807, 2.05) is 37.3 Å². The number of nitrogen functional groups attached to an aromatic ring is 1. The van der Waals surface area contributed by atoms with Crippen LogP contribution in [0.25, 0.3) is 22.5 Å². The zero-order valence-electron chi connectivity index (χ0n) is 12.6. The van der Waals surface area contributed by atoms with Gasteiger partial charge in [0.1, 0.15) is 5.75 Å². The maximum absolute atomic E-state index is 10.3. The number of phenols is 1. The molecular formula is C18H18N2O2. The Labute approximate surface area is 129 Å². The lowest BCUT2D eigenvalue weighted by Crippen LogP contribution is -1.90. The topological polar surface area (TPSA) is 72.3 Å². The van der Waals surface area contributed by atoms with E-state index < -0.39 is 0 Å². The molecule has 0 spiro atoms. The zero-order valence-corrected chi connectivity index (χ0v) is 12.6. The molecule has 0 aliphatic heterocycles. The second-order valence-corrected chi connectivity index (χ2v) is 5.34. The van der Waals surface area contributed by atoms with E-state index in [0.717, 1.165) is 23.1 Å². The highest BCUT2D eigenvalue weighted by Crippen LogP contribution is 2.38. The first-order chi connectivity index (χ1) is 10.6. The predicted molar refractivity (Wildman–Crippen MR) is 87.6 cm³/mol. The van der Waals surface area contributed by atoms with Gasteiger partial charge in [-0.25, -0.2) is 0 Å². The van der Waals surface area contributed by atoms with Gasteiger partial charge < -0.3 is 15.4 Å². The highest BCUT2D eigenvalue weighted by atomic mass is 16.5. The van der Waals surface area contributed by atoms with Crippen molar-refractivity contribution in [1.82, 2.24) is 5.16 Å². The van der Waals surface area contributed by atoms with Crippen LogP contribution >= 0.6 is 0 Å². The van der Waals surface area contributed by atoms with E-state index in [1.54, 1.807) is 12.3 Å². The normalized spacial score (nSPS) is 10.8. The van der Waals surface area contributed by atoms with Gasteiger partial charge in [0.15, 0.2) is 5.76 Å². The van der Waals surface area contributed by atoms with E-state index in [1.165, 1.54) is 5.56 Å². The van der Waals surface area contributed by atoms with Crippen molar-refractivity contribution in [2.75, 3.05) is 5.73 Å². The van der Waals surface area contributed by atoms with E-state index in [9.17, 15) is 5.11 Å². The fourth-order valence-corrected chi connectivity index (χ4v) is 2.60. The maximum atomic E-state index is 10.3. The lowest BCUT2D eigenvalue weighted by atomic mass is 9.97. The largest absolute Gasteiger partial charge is 0.507 e. The van der Waals surface area contributed by atoms with Crippen molar-refractivity contribution in [2.24, 2.45) is 0 Å². The molecule has 3 rings (SSSR count). The highest BCUT2D eigenvalue weighted by molar-refractivity contribution is 5.82. The third kappa shape index (κ3) is 2.44. The van der Waals surface area contributed by atoms with Gasteiger partial charge in [-0.05, 0) is 54.3 Å². The summed E-state index contributed by atoms with van der Waals surface area (Å²) in [4.78, 5) is 0. The van der Waals surface area contributed by atoms with Gasteiger partial charge in [-0.1, -0.05) is 24.2 Å². The Morgan fingerprint density at radius 1 is 1.14 bits per heavy atom. The standard InChI is InChI=1S/C18H18N2O2/c1-3-12-9-15(17(21)8-11(12)2)18-16(10-20-22-18)13-4-6-14(19)7-5-13/h4-10,21H,3,19H2,1-2H3. The summed E-state index contributed by atoms with van der Waals surface area (Å²) in [7, 11) is 0. The molecule has 4 nitrogen and oxygen atoms in total. The average molecular weight is 294 g/mol. The first kappa shape index (κ1) is 14.2. The molecule has 0 atom stereocenters. The SMILES string of the molecule is CCc1cc(-c2oncc2-c2ccc(N)cc2)c(O)cc1C. The van der Waals surface area contributed by atoms with Crippen LogP contribution < -0.4 is 5.73 Å². The first-order valence-electron chi connectivity index (χ1n) is 7.23. The molecule has 2 aromatic carbocycles. The number of benzene rings is 2. The lowest BCUT2D eigenvalue weighted by Gasteiger charge is -2.09. The number of hydrogen-bond acceptors (Lipinski definition) is 4. The molecule has 4 heteroatoms. The molecule has 3 aromatic rings. The van der Waals surface area contributed by atoms with Gasteiger partial charge in [-0.15, -0.1) is 0 Å². The number of hydrogen-bond donors (Lipinski definition) is 2. The minimum Gasteiger partial charge on any atom is -0.507 e. The smallest absolute Gasteiger partial charge is 0.178 e. The third-order valence-corrected chi connectivity index (χ3v) is 3.87. The van der Waals surface area contributed by atoms with Crippen molar-refractivity contribution in [1.29, 1.82) is 0 Å². The maximum Gasteiger partial charge on any atom is 0.178 e. The summed E-state index contributed by atoms with van der Waals surface area (Å²) in [5, 5.41) is 14.2. The Kier molecular flexibility index (Phi) is 3.59. The van der Waals surface area contributed by atoms with Crippen molar-refractivity contribution in [2.45, 2.75) is 20.3 Å². The summed E-state index contributed by atoms with van der Waals surface area (Å²) in [5.74, 6) is 0.764. The van der Waals surface area contributed by atoms with E-state index in [2.05, 4.69) is 12.1 Å². The van der Waals surface area contributed by atoms with Crippen molar-refractivity contribution < 1.29 is 9.63 Å². The van der Waals surface area contributed by atoms with Gasteiger partial charge in [0, 0.05) is 11.3 Å². The quantitative estimate of drug-likeness (QED) is 0.711. The zero-order chi connectivity index (χ0) is 15.7. The summed E-state index contributed by atoms with van der Waals surface area (Å²) < 4.78 is 5.41. The molecule has 0 aliphatic rings. The van der Waals surface area contributed by atoms with Crippen LogP contribution in [0.5, 0.6) is 5.75 Å². The van der Waals surface area contributed by atoms with Gasteiger partial charge in [-0.2, -0.15) is 0 Å². The second kappa shape index (κ2) is 5.56. The number of aromatic hydroxyl groups is 1. The lowest BCUT2D eigenvalue weighted by molar-refractivity contribution is 0.426. The molecule has 1 heterocycles. The summed E-state index contributed by atoms with van der Waals surface area (Å²) in [5.41, 5.74) is 11.1. The average Bonchev–Trinajstić information content (AvgIpc) is 2.97. The number of rotatable bonds is 3. The van der Waals surface area contributed by atoms with Gasteiger partial charge in [0.25, 0.3) is 0 Å². The van der Waals surface area contributed by atoms with Crippen molar-refractivity contribution in [3.63, 3.8) is 0 Å². The Balaban J connectivity index is 2.15. The van der Waals surface area contributed by atoms with Crippen LogP contribution in [-0.4, -0.2) is 10.3 Å². The first-order valence-corrected chi connectivity index (χ1v) is 7.23. The Bertz CT molecular complexity index is 804. The van der Waals surface area contributed by atoms with E-state index >= 15 is 0 Å². The van der Waals surface area contributed by atoms with Gasteiger partial charge >= 0.3 is 0 Å². The highest BCUT2D eigenvalue weighted by Gasteiger charge is 2.17. The van der Waals surface area contributed by atoms with Crippen LogP contribution in [0.1, 0.15) is 18.1 Å². The van der Waals surface area contributed by atoms with Crippen LogP contribution in [0.3, 0.4) is 0 Å². The molecule has 0 radical (unpaired) electrons. The Morgan fingerprint density at radius 2 is 1.86 bits per heavy atom. The van der Waals surface area contributed by atoms with Gasteiger partial charge in [0.2, 0.25) is 0 Å². The molecule has 112 valence electrons. The molecular weight excluding hydrogens is 276 g/mol. The number of phenolic OH excluding ortho intramolecular Hbond substituents is 1. The van der Waals surface area contributed by atoms with Crippen LogP contribution in [0.4, 0.5) is 5.69 Å². The fourth-order valence-electron chi connectivity index (χ4n) is 2.60. The molecule has 0 amide bonds. The predicted octanol–water partition coefficient (Wildman–Crippen LogP) is 4.17. The van der Waals surface area contributed by atoms with Crippen LogP contribution in [0, 0.1) is 6.92 Å². The van der Waals surface area contributed by atoms with E-state index in [0.29, 0.717) is 17.0 Å². The number of aryl methyl sites for hydroxylation is 2. The van der Waals surface area contributed by atoms with Crippen LogP contribution in [0.2, 0.25) is 0 Å². The summed E-state index contributed by atoms with van der Waals surface area (Å²) in [6, 6.07) is 11.2. The second-order valence-electron chi connectivity index (χ2n) is 5.34. The Morgan fingerprint density at radius 3 is 2.55 bits per heavy atom. The van der Waals surface area contributed by atoms with Crippen LogP contribution in [0.15, 0.2) is 47.1 Å². The molecule has 0 bridgehead atoms. The third-order valence-electron chi connectivity index (χ3n) is 3.87. The molecule has 0 aliphatic carbocycles. The van der Waals surface area contributed by atoms with Crippen molar-refractivity contribution >= 4 is 5.69 Å². The summed E-state index contributed by atoms with van der Waals surface area (Å²) >= 11 is 0. The van der Waals surface area contributed by atoms with E-state index in [-0.39, 0.29) is 5.75 Å². The minimum atomic E-state index is 0.197. The summed E-state index contributed by atoms with van der Waals surface area (Å²) in [6.45, 7) is 4.08. The summed E-state index contributed by atoms with van der Waals surface area (Å²) in [6.07, 6.45) is 2.55. The molecule has 0 fully saturated rings. The molecule has 0 saturated carbocycles. The monoisotopic (exact) mass is 294 g/mol. The number of anilines is 1. The van der Waals surface area contributed by atoms with E-state index in [4.69, 9.17) is 10.3 Å². The molecule has 22 heavy (non-hydrogen) atoms. The van der Waals surface area contributed by atoms with Crippen molar-refractivity contribution in [3.8, 4) is 28.2 Å². The number of nitrogens with two attached hydrogens (primary N) is 1. The fraction of sp³-hybridized carbons (Fsp3) is 0.167. The number of nitrogens with zero attached hydrogens (tertiary/aromatic N) is 1.